The van der Waals surface area contributed by atoms with E-state index >= 15 is 0 Å². The number of carbonyl (C=O) groups excluding carboxylic acids is 2. The Labute approximate surface area is 195 Å². The molecule has 2 fully saturated rings. The van der Waals surface area contributed by atoms with Gasteiger partial charge in [0.15, 0.2) is 5.78 Å². The molecule has 2 aliphatic heterocycles. The third-order valence-corrected chi connectivity index (χ3v) is 6.83. The van der Waals surface area contributed by atoms with Crippen LogP contribution in [0.2, 0.25) is 0 Å². The lowest BCUT2D eigenvalue weighted by atomic mass is 10.0. The number of nitrogens with zero attached hydrogens (tertiary/aromatic N) is 3. The van der Waals surface area contributed by atoms with Gasteiger partial charge >= 0.3 is 6.03 Å². The van der Waals surface area contributed by atoms with Gasteiger partial charge in [0.1, 0.15) is 5.82 Å². The monoisotopic (exact) mass is 452 g/mol. The van der Waals surface area contributed by atoms with Crippen molar-refractivity contribution >= 4 is 17.5 Å². The molecule has 0 saturated carbocycles. The summed E-state index contributed by atoms with van der Waals surface area (Å²) in [6, 6.07) is 13.3. The zero-order chi connectivity index (χ0) is 23.4. The molecule has 2 saturated heterocycles. The Bertz CT molecular complexity index is 996. The maximum atomic E-state index is 14.5. The fourth-order valence-corrected chi connectivity index (χ4v) is 4.66. The van der Waals surface area contributed by atoms with Crippen LogP contribution in [0.5, 0.6) is 0 Å². The van der Waals surface area contributed by atoms with Crippen molar-refractivity contribution in [1.29, 1.82) is 0 Å². The molecule has 0 aliphatic carbocycles. The Morgan fingerprint density at radius 1 is 1.00 bits per heavy atom. The molecular weight excluding hydrogens is 419 g/mol. The summed E-state index contributed by atoms with van der Waals surface area (Å²) in [5.41, 5.74) is 3.55. The minimum atomic E-state index is -0.391. The number of carbonyl (C=O) groups is 2. The van der Waals surface area contributed by atoms with E-state index in [1.54, 1.807) is 12.1 Å². The Morgan fingerprint density at radius 2 is 1.70 bits per heavy atom. The number of urea groups is 1. The quantitative estimate of drug-likeness (QED) is 0.701. The van der Waals surface area contributed by atoms with Gasteiger partial charge in [0.05, 0.1) is 5.69 Å². The second-order valence-electron chi connectivity index (χ2n) is 9.12. The number of halogens is 1. The smallest absolute Gasteiger partial charge is 0.317 e. The molecule has 2 aromatic carbocycles. The molecular formula is C26H33FN4O2. The number of Topliss-reactive ketones (excluding diaryl/α,β-unsaturated/α-hetero) is 1. The molecule has 176 valence electrons. The van der Waals surface area contributed by atoms with Gasteiger partial charge in [-0.05, 0) is 56.0 Å². The van der Waals surface area contributed by atoms with Gasteiger partial charge in [-0.3, -0.25) is 9.69 Å². The van der Waals surface area contributed by atoms with E-state index in [2.05, 4.69) is 41.4 Å². The summed E-state index contributed by atoms with van der Waals surface area (Å²) >= 11 is 0. The van der Waals surface area contributed by atoms with E-state index in [4.69, 9.17) is 0 Å². The highest BCUT2D eigenvalue weighted by molar-refractivity contribution is 5.94. The lowest BCUT2D eigenvalue weighted by molar-refractivity contribution is 0.101. The molecule has 0 unspecified atom stereocenters. The van der Waals surface area contributed by atoms with E-state index in [1.807, 2.05) is 9.80 Å². The summed E-state index contributed by atoms with van der Waals surface area (Å²) in [5.74, 6) is -0.541. The second kappa shape index (κ2) is 10.3. The number of aryl methyl sites for hydroxylation is 1. The standard InChI is InChI=1S/C26H33FN4O2/c1-19-5-3-4-6-22(19)18-29-11-9-23(10-12-29)28-26(33)31-15-13-30(14-16-31)25-8-7-21(20(2)32)17-24(25)27/h3-8,17,23H,9-16,18H2,1-2H3,(H,28,33). The van der Waals surface area contributed by atoms with E-state index in [0.717, 1.165) is 32.5 Å². The topological polar surface area (TPSA) is 55.9 Å². The van der Waals surface area contributed by atoms with E-state index in [-0.39, 0.29) is 17.9 Å². The van der Waals surface area contributed by atoms with Gasteiger partial charge in [0.25, 0.3) is 0 Å². The summed E-state index contributed by atoms with van der Waals surface area (Å²) in [5, 5.41) is 3.20. The Morgan fingerprint density at radius 3 is 2.33 bits per heavy atom. The van der Waals surface area contributed by atoms with Crippen LogP contribution in [-0.4, -0.2) is 66.9 Å². The molecule has 0 spiro atoms. The molecule has 2 aliphatic rings. The van der Waals surface area contributed by atoms with Crippen LogP contribution in [0.25, 0.3) is 0 Å². The number of rotatable bonds is 5. The summed E-state index contributed by atoms with van der Waals surface area (Å²) < 4.78 is 14.5. The molecule has 0 atom stereocenters. The zero-order valence-corrected chi connectivity index (χ0v) is 19.5. The molecule has 0 radical (unpaired) electrons. The van der Waals surface area contributed by atoms with Gasteiger partial charge < -0.3 is 15.1 Å². The highest BCUT2D eigenvalue weighted by Gasteiger charge is 2.26. The van der Waals surface area contributed by atoms with E-state index in [0.29, 0.717) is 37.4 Å². The van der Waals surface area contributed by atoms with E-state index < -0.39 is 5.82 Å². The fourth-order valence-electron chi connectivity index (χ4n) is 4.66. The number of hydrogen-bond acceptors (Lipinski definition) is 4. The minimum absolute atomic E-state index is 0.0283. The molecule has 1 N–H and O–H groups in total. The molecule has 7 heteroatoms. The summed E-state index contributed by atoms with van der Waals surface area (Å²) in [7, 11) is 0. The van der Waals surface area contributed by atoms with Crippen LogP contribution < -0.4 is 10.2 Å². The lowest BCUT2D eigenvalue weighted by Gasteiger charge is -2.38. The predicted molar refractivity (Wildman–Crippen MR) is 128 cm³/mol. The van der Waals surface area contributed by atoms with Crippen molar-refractivity contribution in [2.24, 2.45) is 0 Å². The number of benzene rings is 2. The second-order valence-corrected chi connectivity index (χ2v) is 9.12. The number of anilines is 1. The van der Waals surface area contributed by atoms with Crippen molar-refractivity contribution in [3.63, 3.8) is 0 Å². The van der Waals surface area contributed by atoms with Crippen LogP contribution in [0.3, 0.4) is 0 Å². The Kier molecular flexibility index (Phi) is 7.28. The SMILES string of the molecule is CC(=O)c1ccc(N2CCN(C(=O)NC3CCN(Cc4ccccc4C)CC3)CC2)c(F)c1. The Balaban J connectivity index is 1.22. The van der Waals surface area contributed by atoms with Crippen molar-refractivity contribution < 1.29 is 14.0 Å². The normalized spacial score (nSPS) is 17.8. The first-order chi connectivity index (χ1) is 15.9. The number of piperidine rings is 1. The van der Waals surface area contributed by atoms with Crippen molar-refractivity contribution in [3.05, 3.63) is 65.0 Å². The molecule has 0 aromatic heterocycles. The first-order valence-electron chi connectivity index (χ1n) is 11.8. The molecule has 2 aromatic rings. The van der Waals surface area contributed by atoms with Crippen molar-refractivity contribution in [3.8, 4) is 0 Å². The number of nitrogens with one attached hydrogen (secondary N) is 1. The average Bonchev–Trinajstić information content (AvgIpc) is 2.82. The number of hydrogen-bond donors (Lipinski definition) is 1. The fraction of sp³-hybridized carbons (Fsp3) is 0.462. The van der Waals surface area contributed by atoms with Crippen molar-refractivity contribution in [2.45, 2.75) is 39.3 Å². The average molecular weight is 453 g/mol. The number of ketones is 1. The maximum absolute atomic E-state index is 14.5. The number of likely N-dealkylation sites (tertiary alicyclic amines) is 1. The predicted octanol–water partition coefficient (Wildman–Crippen LogP) is 3.83. The third kappa shape index (κ3) is 5.71. The van der Waals surface area contributed by atoms with Crippen LogP contribution in [0.15, 0.2) is 42.5 Å². The van der Waals surface area contributed by atoms with Crippen LogP contribution in [0.1, 0.15) is 41.3 Å². The molecule has 33 heavy (non-hydrogen) atoms. The molecule has 2 amide bonds. The molecule has 0 bridgehead atoms. The van der Waals surface area contributed by atoms with E-state index in [1.165, 1.54) is 24.1 Å². The van der Waals surface area contributed by atoms with Crippen LogP contribution >= 0.6 is 0 Å². The van der Waals surface area contributed by atoms with Crippen LogP contribution in [-0.2, 0) is 6.54 Å². The van der Waals surface area contributed by atoms with Gasteiger partial charge in [-0.1, -0.05) is 24.3 Å². The summed E-state index contributed by atoms with van der Waals surface area (Å²) in [4.78, 5) is 30.4. The van der Waals surface area contributed by atoms with Gasteiger partial charge in [-0.2, -0.15) is 0 Å². The maximum Gasteiger partial charge on any atom is 0.317 e. The molecule has 2 heterocycles. The zero-order valence-electron chi connectivity index (χ0n) is 19.5. The van der Waals surface area contributed by atoms with Crippen molar-refractivity contribution in [1.82, 2.24) is 15.1 Å². The van der Waals surface area contributed by atoms with Gasteiger partial charge in [0, 0.05) is 57.4 Å². The summed E-state index contributed by atoms with van der Waals surface area (Å²) in [6.07, 6.45) is 1.90. The highest BCUT2D eigenvalue weighted by atomic mass is 19.1. The number of amides is 2. The van der Waals surface area contributed by atoms with E-state index in [9.17, 15) is 14.0 Å². The largest absolute Gasteiger partial charge is 0.366 e. The van der Waals surface area contributed by atoms with Gasteiger partial charge in [-0.15, -0.1) is 0 Å². The third-order valence-electron chi connectivity index (χ3n) is 6.83. The summed E-state index contributed by atoms with van der Waals surface area (Å²) in [6.45, 7) is 8.72. The lowest BCUT2D eigenvalue weighted by Crippen LogP contribution is -2.55. The van der Waals surface area contributed by atoms with Gasteiger partial charge in [0.2, 0.25) is 0 Å². The van der Waals surface area contributed by atoms with Crippen LogP contribution in [0.4, 0.5) is 14.9 Å². The minimum Gasteiger partial charge on any atom is -0.366 e. The molecule has 6 nitrogen and oxygen atoms in total. The van der Waals surface area contributed by atoms with Gasteiger partial charge in [-0.25, -0.2) is 9.18 Å². The van der Waals surface area contributed by atoms with Crippen molar-refractivity contribution in [2.75, 3.05) is 44.2 Å². The first kappa shape index (κ1) is 23.2. The van der Waals surface area contributed by atoms with Crippen LogP contribution in [0, 0.1) is 12.7 Å². The first-order valence-corrected chi connectivity index (χ1v) is 11.8. The number of piperazine rings is 1. The molecule has 4 rings (SSSR count). The Hall–Kier alpha value is -2.93. The highest BCUT2D eigenvalue weighted by Crippen LogP contribution is 2.23.